The van der Waals surface area contributed by atoms with Crippen molar-refractivity contribution in [2.45, 2.75) is 7.43 Å². The standard InChI is InChI=1S/C21H14BrN3.C7H4BrClO.C7H5N.CH4/c22-18-13-7-12-17(14-18)21-24-19(15-8-3-1-4-9-15)23-20(25-21)16-10-5-2-6-11-16;8-6-3-1-2-5(4-6)7(9)10;8-6-7-4-2-1-3-5-7;/h1-14H;1-4H;1-5H;1H4. The molecule has 8 heteroatoms. The first-order valence-electron chi connectivity index (χ1n) is 13.0. The molecule has 0 atom stereocenters. The molecule has 0 aliphatic carbocycles. The lowest BCUT2D eigenvalue weighted by Crippen LogP contribution is -2.00. The van der Waals surface area contributed by atoms with Crippen LogP contribution in [0, 0.1) is 11.3 Å². The molecule has 0 amide bonds. The fourth-order valence-electron chi connectivity index (χ4n) is 3.69. The molecule has 1 heterocycles. The van der Waals surface area contributed by atoms with Gasteiger partial charge in [-0.1, -0.05) is 142 Å². The third kappa shape index (κ3) is 10.4. The zero-order chi connectivity index (χ0) is 30.4. The van der Waals surface area contributed by atoms with E-state index in [1.165, 1.54) is 0 Å². The van der Waals surface area contributed by atoms with Crippen molar-refractivity contribution in [3.63, 3.8) is 0 Å². The molecule has 0 N–H and O–H groups in total. The summed E-state index contributed by atoms with van der Waals surface area (Å²) in [6, 6.07) is 46.0. The van der Waals surface area contributed by atoms with Crippen LogP contribution < -0.4 is 0 Å². The summed E-state index contributed by atoms with van der Waals surface area (Å²) >= 11 is 12.0. The topological polar surface area (TPSA) is 79.5 Å². The third-order valence-corrected chi connectivity index (χ3v) is 6.94. The lowest BCUT2D eigenvalue weighted by atomic mass is 10.1. The van der Waals surface area contributed by atoms with Crippen LogP contribution in [0.25, 0.3) is 34.2 Å². The second-order valence-electron chi connectivity index (χ2n) is 8.81. The molecule has 0 saturated carbocycles. The van der Waals surface area contributed by atoms with Crippen molar-refractivity contribution in [2.24, 2.45) is 0 Å². The van der Waals surface area contributed by atoms with Crippen LogP contribution in [0.15, 0.2) is 148 Å². The monoisotopic (exact) mass is 724 g/mol. The summed E-state index contributed by atoms with van der Waals surface area (Å²) in [5, 5.41) is 7.86. The number of carbonyl (C=O) groups is 1. The number of aromatic nitrogens is 3. The summed E-state index contributed by atoms with van der Waals surface area (Å²) in [6.07, 6.45) is 0. The summed E-state index contributed by atoms with van der Waals surface area (Å²) in [7, 11) is 0. The zero-order valence-corrected chi connectivity index (χ0v) is 26.5. The quantitative estimate of drug-likeness (QED) is 0.169. The van der Waals surface area contributed by atoms with Gasteiger partial charge in [0.2, 0.25) is 0 Å². The van der Waals surface area contributed by atoms with Gasteiger partial charge in [-0.25, -0.2) is 15.0 Å². The molecule has 218 valence electrons. The average molecular weight is 727 g/mol. The van der Waals surface area contributed by atoms with Crippen molar-refractivity contribution in [1.82, 2.24) is 15.0 Å². The first-order chi connectivity index (χ1) is 20.9. The summed E-state index contributed by atoms with van der Waals surface area (Å²) in [4.78, 5) is 24.6. The molecule has 0 saturated heterocycles. The van der Waals surface area contributed by atoms with E-state index in [1.807, 2.05) is 115 Å². The van der Waals surface area contributed by atoms with Crippen LogP contribution in [0.2, 0.25) is 0 Å². The van der Waals surface area contributed by atoms with Gasteiger partial charge in [-0.15, -0.1) is 0 Å². The highest BCUT2D eigenvalue weighted by Crippen LogP contribution is 2.26. The fraction of sp³-hybridized carbons (Fsp3) is 0.0278. The Balaban J connectivity index is 0.000000229. The minimum atomic E-state index is -0.429. The van der Waals surface area contributed by atoms with E-state index < -0.39 is 5.24 Å². The SMILES string of the molecule is Brc1cccc(-c2nc(-c3ccccc3)nc(-c3ccccc3)n2)c1.C.N#Cc1ccccc1.O=C(Cl)c1cccc(Br)c1. The number of carbonyl (C=O) groups excluding carboxylic acids is 1. The lowest BCUT2D eigenvalue weighted by molar-refractivity contribution is 0.108. The number of halogens is 3. The molecule has 0 bridgehead atoms. The number of benzene rings is 5. The van der Waals surface area contributed by atoms with Gasteiger partial charge in [0.25, 0.3) is 5.24 Å². The highest BCUT2D eigenvalue weighted by molar-refractivity contribution is 9.10. The first kappa shape index (κ1) is 34.0. The van der Waals surface area contributed by atoms with Gasteiger partial charge in [-0.3, -0.25) is 4.79 Å². The van der Waals surface area contributed by atoms with E-state index in [9.17, 15) is 4.79 Å². The van der Waals surface area contributed by atoms with E-state index in [1.54, 1.807) is 30.3 Å². The van der Waals surface area contributed by atoms with Gasteiger partial charge in [-0.05, 0) is 48.0 Å². The normalized spacial score (nSPS) is 9.59. The molecule has 1 aromatic heterocycles. The molecule has 0 fully saturated rings. The Morgan fingerprint density at radius 1 is 0.568 bits per heavy atom. The van der Waals surface area contributed by atoms with E-state index in [-0.39, 0.29) is 7.43 Å². The second kappa shape index (κ2) is 17.6. The predicted molar refractivity (Wildman–Crippen MR) is 186 cm³/mol. The lowest BCUT2D eigenvalue weighted by Gasteiger charge is -2.08. The van der Waals surface area contributed by atoms with Crippen molar-refractivity contribution in [3.05, 3.63) is 160 Å². The van der Waals surface area contributed by atoms with Crippen molar-refractivity contribution in [3.8, 4) is 40.2 Å². The second-order valence-corrected chi connectivity index (χ2v) is 11.0. The largest absolute Gasteiger partial charge is 0.276 e. The van der Waals surface area contributed by atoms with Crippen LogP contribution in [0.5, 0.6) is 0 Å². The van der Waals surface area contributed by atoms with E-state index in [2.05, 4.69) is 36.8 Å². The Morgan fingerprint density at radius 2 is 0.977 bits per heavy atom. The maximum Gasteiger partial charge on any atom is 0.252 e. The van der Waals surface area contributed by atoms with Gasteiger partial charge < -0.3 is 0 Å². The zero-order valence-electron chi connectivity index (χ0n) is 22.6. The molecular formula is C36H27Br2ClN4O. The Bertz CT molecular complexity index is 1770. The number of nitrogens with zero attached hydrogens (tertiary/aromatic N) is 4. The molecule has 5 nitrogen and oxygen atoms in total. The number of nitriles is 1. The highest BCUT2D eigenvalue weighted by Gasteiger charge is 2.12. The first-order valence-corrected chi connectivity index (χ1v) is 14.9. The summed E-state index contributed by atoms with van der Waals surface area (Å²) in [5.41, 5.74) is 4.12. The van der Waals surface area contributed by atoms with Gasteiger partial charge in [0.1, 0.15) is 0 Å². The molecule has 6 aromatic rings. The summed E-state index contributed by atoms with van der Waals surface area (Å²) < 4.78 is 1.85. The van der Waals surface area contributed by atoms with Crippen LogP contribution in [0.3, 0.4) is 0 Å². The molecular weight excluding hydrogens is 700 g/mol. The number of hydrogen-bond donors (Lipinski definition) is 0. The minimum Gasteiger partial charge on any atom is -0.276 e. The Morgan fingerprint density at radius 3 is 1.36 bits per heavy atom. The molecule has 5 aromatic carbocycles. The maximum atomic E-state index is 10.5. The Hall–Kier alpha value is -4.48. The van der Waals surface area contributed by atoms with E-state index >= 15 is 0 Å². The predicted octanol–water partition coefficient (Wildman–Crippen LogP) is 10.7. The number of hydrogen-bond acceptors (Lipinski definition) is 5. The van der Waals surface area contributed by atoms with Crippen molar-refractivity contribution >= 4 is 48.7 Å². The Kier molecular flexibility index (Phi) is 13.6. The number of rotatable bonds is 4. The summed E-state index contributed by atoms with van der Waals surface area (Å²) in [5.74, 6) is 2.00. The minimum absolute atomic E-state index is 0. The molecule has 0 aliphatic heterocycles. The van der Waals surface area contributed by atoms with Crippen molar-refractivity contribution in [1.29, 1.82) is 5.26 Å². The summed E-state index contributed by atoms with van der Waals surface area (Å²) in [6.45, 7) is 0. The van der Waals surface area contributed by atoms with Gasteiger partial charge in [0, 0.05) is 31.2 Å². The highest BCUT2D eigenvalue weighted by atomic mass is 79.9. The molecule has 0 spiro atoms. The van der Waals surface area contributed by atoms with Crippen LogP contribution in [0.1, 0.15) is 23.3 Å². The van der Waals surface area contributed by atoms with E-state index in [4.69, 9.17) is 26.8 Å². The molecule has 44 heavy (non-hydrogen) atoms. The van der Waals surface area contributed by atoms with Gasteiger partial charge in [0.15, 0.2) is 17.5 Å². The van der Waals surface area contributed by atoms with E-state index in [0.717, 1.165) is 25.6 Å². The fourth-order valence-corrected chi connectivity index (χ4v) is 4.60. The van der Waals surface area contributed by atoms with Crippen molar-refractivity contribution in [2.75, 3.05) is 0 Å². The molecule has 0 unspecified atom stereocenters. The van der Waals surface area contributed by atoms with Gasteiger partial charge >= 0.3 is 0 Å². The third-order valence-electron chi connectivity index (χ3n) is 5.74. The van der Waals surface area contributed by atoms with Crippen LogP contribution >= 0.6 is 43.5 Å². The van der Waals surface area contributed by atoms with Gasteiger partial charge in [-0.2, -0.15) is 5.26 Å². The Labute approximate surface area is 279 Å². The molecule has 0 radical (unpaired) electrons. The molecule has 6 rings (SSSR count). The van der Waals surface area contributed by atoms with Crippen LogP contribution in [-0.4, -0.2) is 20.2 Å². The maximum absolute atomic E-state index is 10.5. The smallest absolute Gasteiger partial charge is 0.252 e. The van der Waals surface area contributed by atoms with Gasteiger partial charge in [0.05, 0.1) is 11.6 Å². The van der Waals surface area contributed by atoms with Crippen molar-refractivity contribution < 1.29 is 4.79 Å². The van der Waals surface area contributed by atoms with Crippen LogP contribution in [-0.2, 0) is 0 Å². The average Bonchev–Trinajstić information content (AvgIpc) is 3.06. The van der Waals surface area contributed by atoms with Crippen LogP contribution in [0.4, 0.5) is 0 Å². The molecule has 0 aliphatic rings. The van der Waals surface area contributed by atoms with E-state index in [0.29, 0.717) is 28.6 Å².